The molecule has 2 atom stereocenters. The average molecular weight is 310 g/mol. The minimum Gasteiger partial charge on any atom is -0.481 e. The van der Waals surface area contributed by atoms with Gasteiger partial charge in [0.05, 0.1) is 5.92 Å². The summed E-state index contributed by atoms with van der Waals surface area (Å²) in [6.07, 6.45) is 3.31. The number of hydrogen-bond acceptors (Lipinski definition) is 3. The first kappa shape index (κ1) is 16.8. The Balaban J connectivity index is 1.76. The maximum Gasteiger partial charge on any atom is 0.306 e. The Bertz CT molecular complexity index is 441. The zero-order chi connectivity index (χ0) is 16.3. The number of piperidine rings is 1. The highest BCUT2D eigenvalue weighted by molar-refractivity contribution is 5.81. The van der Waals surface area contributed by atoms with Gasteiger partial charge in [-0.05, 0) is 32.1 Å². The molecule has 2 rings (SSSR count). The minimum atomic E-state index is -0.766. The van der Waals surface area contributed by atoms with Crippen LogP contribution in [0, 0.1) is 17.8 Å². The Morgan fingerprint density at radius 1 is 1.05 bits per heavy atom. The highest BCUT2D eigenvalue weighted by Crippen LogP contribution is 2.27. The summed E-state index contributed by atoms with van der Waals surface area (Å²) in [5.74, 6) is -0.975. The van der Waals surface area contributed by atoms with Gasteiger partial charge in [0.1, 0.15) is 0 Å². The monoisotopic (exact) mass is 310 g/mol. The number of nitrogens with one attached hydrogen (secondary N) is 1. The van der Waals surface area contributed by atoms with Crippen LogP contribution < -0.4 is 5.32 Å². The molecular formula is C16H26N2O4. The lowest BCUT2D eigenvalue weighted by molar-refractivity contribution is -0.141. The smallest absolute Gasteiger partial charge is 0.306 e. The van der Waals surface area contributed by atoms with Gasteiger partial charge in [0.2, 0.25) is 11.8 Å². The van der Waals surface area contributed by atoms with Crippen LogP contribution in [0.5, 0.6) is 0 Å². The van der Waals surface area contributed by atoms with Gasteiger partial charge in [0, 0.05) is 31.0 Å². The second-order valence-corrected chi connectivity index (χ2v) is 6.81. The Kier molecular flexibility index (Phi) is 5.42. The van der Waals surface area contributed by atoms with E-state index < -0.39 is 5.97 Å². The maximum absolute atomic E-state index is 12.3. The van der Waals surface area contributed by atoms with E-state index >= 15 is 0 Å². The molecule has 2 aliphatic rings. The maximum atomic E-state index is 12.3. The SMILES string of the molecule is CC(C)C(=O)N1CCC(C(=O)N[C@@H]2CC[C@H](C(=O)O)C2)CC1. The predicted molar refractivity (Wildman–Crippen MR) is 81.0 cm³/mol. The molecular weight excluding hydrogens is 284 g/mol. The van der Waals surface area contributed by atoms with Crippen LogP contribution in [0.15, 0.2) is 0 Å². The van der Waals surface area contributed by atoms with Crippen molar-refractivity contribution < 1.29 is 19.5 Å². The number of aliphatic carboxylic acids is 1. The fraction of sp³-hybridized carbons (Fsp3) is 0.812. The van der Waals surface area contributed by atoms with Crippen LogP contribution in [0.4, 0.5) is 0 Å². The van der Waals surface area contributed by atoms with E-state index in [9.17, 15) is 14.4 Å². The summed E-state index contributed by atoms with van der Waals surface area (Å²) >= 11 is 0. The van der Waals surface area contributed by atoms with Crippen LogP contribution >= 0.6 is 0 Å². The van der Waals surface area contributed by atoms with Crippen LogP contribution in [0.2, 0.25) is 0 Å². The third-order valence-electron chi connectivity index (χ3n) is 4.80. The van der Waals surface area contributed by atoms with Crippen molar-refractivity contribution in [2.75, 3.05) is 13.1 Å². The van der Waals surface area contributed by atoms with E-state index in [1.807, 2.05) is 18.7 Å². The molecule has 0 unspecified atom stereocenters. The topological polar surface area (TPSA) is 86.7 Å². The second kappa shape index (κ2) is 7.11. The van der Waals surface area contributed by atoms with Crippen molar-refractivity contribution in [3.63, 3.8) is 0 Å². The summed E-state index contributed by atoms with van der Waals surface area (Å²) in [6, 6.07) is -0.0103. The van der Waals surface area contributed by atoms with Crippen molar-refractivity contribution in [1.29, 1.82) is 0 Å². The molecule has 124 valence electrons. The van der Waals surface area contributed by atoms with E-state index in [2.05, 4.69) is 5.32 Å². The molecule has 0 spiro atoms. The molecule has 1 heterocycles. The lowest BCUT2D eigenvalue weighted by Crippen LogP contribution is -2.45. The molecule has 2 fully saturated rings. The van der Waals surface area contributed by atoms with E-state index in [0.717, 1.165) is 6.42 Å². The van der Waals surface area contributed by atoms with Gasteiger partial charge >= 0.3 is 5.97 Å². The van der Waals surface area contributed by atoms with Gasteiger partial charge in [-0.3, -0.25) is 14.4 Å². The molecule has 1 aliphatic carbocycles. The summed E-state index contributed by atoms with van der Waals surface area (Å²) in [5, 5.41) is 12.0. The van der Waals surface area contributed by atoms with E-state index in [-0.39, 0.29) is 35.6 Å². The second-order valence-electron chi connectivity index (χ2n) is 6.81. The molecule has 2 amide bonds. The first-order chi connectivity index (χ1) is 10.4. The lowest BCUT2D eigenvalue weighted by Gasteiger charge is -2.33. The molecule has 6 nitrogen and oxygen atoms in total. The zero-order valence-electron chi connectivity index (χ0n) is 13.4. The third-order valence-corrected chi connectivity index (χ3v) is 4.80. The molecule has 22 heavy (non-hydrogen) atoms. The quantitative estimate of drug-likeness (QED) is 0.818. The van der Waals surface area contributed by atoms with Crippen molar-refractivity contribution in [3.8, 4) is 0 Å². The fourth-order valence-electron chi connectivity index (χ4n) is 3.38. The van der Waals surface area contributed by atoms with Crippen LogP contribution in [0.25, 0.3) is 0 Å². The average Bonchev–Trinajstić information content (AvgIpc) is 2.95. The van der Waals surface area contributed by atoms with E-state index in [1.165, 1.54) is 0 Å². The number of carboxylic acid groups (broad SMARTS) is 1. The number of rotatable bonds is 4. The summed E-state index contributed by atoms with van der Waals surface area (Å²) in [6.45, 7) is 5.05. The summed E-state index contributed by atoms with van der Waals surface area (Å²) in [4.78, 5) is 37.0. The lowest BCUT2D eigenvalue weighted by atomic mass is 9.94. The van der Waals surface area contributed by atoms with E-state index in [1.54, 1.807) is 0 Å². The normalized spacial score (nSPS) is 26.2. The van der Waals surface area contributed by atoms with Gasteiger partial charge in [0.25, 0.3) is 0 Å². The number of hydrogen-bond donors (Lipinski definition) is 2. The van der Waals surface area contributed by atoms with E-state index in [0.29, 0.717) is 38.8 Å². The van der Waals surface area contributed by atoms with E-state index in [4.69, 9.17) is 5.11 Å². The summed E-state index contributed by atoms with van der Waals surface area (Å²) in [7, 11) is 0. The van der Waals surface area contributed by atoms with Crippen LogP contribution in [0.1, 0.15) is 46.0 Å². The molecule has 0 radical (unpaired) electrons. The largest absolute Gasteiger partial charge is 0.481 e. The number of likely N-dealkylation sites (tertiary alicyclic amines) is 1. The Morgan fingerprint density at radius 3 is 2.18 bits per heavy atom. The number of carbonyl (C=O) groups is 3. The Morgan fingerprint density at radius 2 is 1.68 bits per heavy atom. The Hall–Kier alpha value is -1.59. The molecule has 0 aromatic rings. The third kappa shape index (κ3) is 3.99. The van der Waals surface area contributed by atoms with Crippen molar-refractivity contribution in [2.45, 2.75) is 52.0 Å². The molecule has 2 N–H and O–H groups in total. The van der Waals surface area contributed by atoms with Crippen LogP contribution in [-0.4, -0.2) is 46.9 Å². The molecule has 1 saturated heterocycles. The van der Waals surface area contributed by atoms with Gasteiger partial charge in [-0.25, -0.2) is 0 Å². The van der Waals surface area contributed by atoms with Crippen LogP contribution in [-0.2, 0) is 14.4 Å². The molecule has 6 heteroatoms. The number of nitrogens with zero attached hydrogens (tertiary/aromatic N) is 1. The molecule has 0 aromatic heterocycles. The molecule has 0 aromatic carbocycles. The zero-order valence-corrected chi connectivity index (χ0v) is 13.4. The van der Waals surface area contributed by atoms with Crippen molar-refractivity contribution in [1.82, 2.24) is 10.2 Å². The van der Waals surface area contributed by atoms with Gasteiger partial charge in [-0.15, -0.1) is 0 Å². The number of amides is 2. The first-order valence-electron chi connectivity index (χ1n) is 8.20. The standard InChI is InChI=1S/C16H26N2O4/c1-10(2)15(20)18-7-5-11(6-8-18)14(19)17-13-4-3-12(9-13)16(21)22/h10-13H,3-9H2,1-2H3,(H,17,19)(H,21,22)/t12-,13+/m0/s1. The van der Waals surface area contributed by atoms with Crippen LogP contribution in [0.3, 0.4) is 0 Å². The number of carbonyl (C=O) groups excluding carboxylic acids is 2. The molecule has 0 bridgehead atoms. The van der Waals surface area contributed by atoms with Gasteiger partial charge in [0.15, 0.2) is 0 Å². The van der Waals surface area contributed by atoms with Gasteiger partial charge in [-0.2, -0.15) is 0 Å². The molecule has 1 saturated carbocycles. The van der Waals surface area contributed by atoms with Gasteiger partial charge in [-0.1, -0.05) is 13.8 Å². The van der Waals surface area contributed by atoms with Crippen molar-refractivity contribution in [2.24, 2.45) is 17.8 Å². The predicted octanol–water partition coefficient (Wildman–Crippen LogP) is 1.25. The minimum absolute atomic E-state index is 0.00295. The molecule has 1 aliphatic heterocycles. The fourth-order valence-corrected chi connectivity index (χ4v) is 3.38. The van der Waals surface area contributed by atoms with Gasteiger partial charge < -0.3 is 15.3 Å². The Labute approximate surface area is 131 Å². The highest BCUT2D eigenvalue weighted by atomic mass is 16.4. The first-order valence-corrected chi connectivity index (χ1v) is 8.20. The highest BCUT2D eigenvalue weighted by Gasteiger charge is 2.33. The number of carboxylic acids is 1. The van der Waals surface area contributed by atoms with Crippen molar-refractivity contribution >= 4 is 17.8 Å². The van der Waals surface area contributed by atoms with Crippen molar-refractivity contribution in [3.05, 3.63) is 0 Å². The summed E-state index contributed by atoms with van der Waals surface area (Å²) < 4.78 is 0. The summed E-state index contributed by atoms with van der Waals surface area (Å²) in [5.41, 5.74) is 0.